The summed E-state index contributed by atoms with van der Waals surface area (Å²) in [5, 5.41) is 1.05. The molecule has 5 nitrogen and oxygen atoms in total. The van der Waals surface area contributed by atoms with E-state index in [4.69, 9.17) is 0 Å². The number of carbonyl (C=O) groups is 1. The maximum Gasteiger partial charge on any atom is 0.227 e. The van der Waals surface area contributed by atoms with Gasteiger partial charge in [0.15, 0.2) is 0 Å². The van der Waals surface area contributed by atoms with Gasteiger partial charge in [-0.05, 0) is 20.9 Å². The normalized spacial score (nSPS) is 24.1. The minimum Gasteiger partial charge on any atom is -0.339 e. The Kier molecular flexibility index (Phi) is 4.28. The van der Waals surface area contributed by atoms with Crippen molar-refractivity contribution in [3.63, 3.8) is 0 Å². The van der Waals surface area contributed by atoms with Gasteiger partial charge in [-0.25, -0.2) is 4.98 Å². The fourth-order valence-electron chi connectivity index (χ4n) is 3.32. The summed E-state index contributed by atoms with van der Waals surface area (Å²) in [5.74, 6) is 0.259. The van der Waals surface area contributed by atoms with Crippen LogP contribution < -0.4 is 0 Å². The zero-order valence-corrected chi connectivity index (χ0v) is 13.9. The molecule has 0 N–H and O–H groups in total. The molecule has 1 atom stereocenters. The topological polar surface area (TPSA) is 39.7 Å². The summed E-state index contributed by atoms with van der Waals surface area (Å²) in [5.41, 5.74) is 1.02. The van der Waals surface area contributed by atoms with Crippen LogP contribution >= 0.6 is 11.3 Å². The first-order valence-electron chi connectivity index (χ1n) is 7.66. The lowest BCUT2D eigenvalue weighted by molar-refractivity contribution is -0.134. The summed E-state index contributed by atoms with van der Waals surface area (Å²) < 4.78 is 0. The highest BCUT2D eigenvalue weighted by Gasteiger charge is 2.32. The number of likely N-dealkylation sites (N-methyl/N-ethyl adjacent to an activating group) is 1. The average molecular weight is 308 g/mol. The second-order valence-electron chi connectivity index (χ2n) is 6.21. The van der Waals surface area contributed by atoms with E-state index in [0.717, 1.165) is 54.8 Å². The van der Waals surface area contributed by atoms with Crippen LogP contribution in [0.2, 0.25) is 0 Å². The van der Waals surface area contributed by atoms with Crippen molar-refractivity contribution in [3.8, 4) is 0 Å². The summed E-state index contributed by atoms with van der Waals surface area (Å²) in [4.78, 5) is 25.1. The summed E-state index contributed by atoms with van der Waals surface area (Å²) in [6.45, 7) is 10.1. The number of thiazole rings is 1. The Labute approximate surface area is 130 Å². The zero-order valence-electron chi connectivity index (χ0n) is 13.1. The van der Waals surface area contributed by atoms with Gasteiger partial charge < -0.3 is 9.80 Å². The van der Waals surface area contributed by atoms with Crippen molar-refractivity contribution in [2.75, 3.05) is 46.3 Å². The van der Waals surface area contributed by atoms with Crippen molar-refractivity contribution in [3.05, 3.63) is 15.6 Å². The molecule has 0 radical (unpaired) electrons. The van der Waals surface area contributed by atoms with Gasteiger partial charge in [0.2, 0.25) is 5.91 Å². The number of piperazine rings is 2. The smallest absolute Gasteiger partial charge is 0.227 e. The average Bonchev–Trinajstić information content (AvgIpc) is 2.76. The fraction of sp³-hybridized carbons (Fsp3) is 0.733. The third-order valence-electron chi connectivity index (χ3n) is 4.56. The lowest BCUT2D eigenvalue weighted by atomic mass is 10.1. The number of fused-ring (bicyclic) bond motifs is 1. The van der Waals surface area contributed by atoms with Crippen molar-refractivity contribution in [1.82, 2.24) is 19.7 Å². The first-order valence-corrected chi connectivity index (χ1v) is 8.48. The van der Waals surface area contributed by atoms with Crippen LogP contribution in [-0.2, 0) is 11.2 Å². The Morgan fingerprint density at radius 3 is 2.71 bits per heavy atom. The molecule has 2 aliphatic rings. The van der Waals surface area contributed by atoms with E-state index >= 15 is 0 Å². The van der Waals surface area contributed by atoms with Gasteiger partial charge in [0.1, 0.15) is 0 Å². The molecule has 21 heavy (non-hydrogen) atoms. The summed E-state index contributed by atoms with van der Waals surface area (Å²) in [6, 6.07) is 0.505. The number of carbonyl (C=O) groups excluding carboxylic acids is 1. The molecule has 1 unspecified atom stereocenters. The first-order chi connectivity index (χ1) is 10.0. The van der Waals surface area contributed by atoms with E-state index in [2.05, 4.69) is 26.7 Å². The van der Waals surface area contributed by atoms with Crippen LogP contribution in [0.25, 0.3) is 0 Å². The fourth-order valence-corrected chi connectivity index (χ4v) is 4.25. The van der Waals surface area contributed by atoms with Crippen LogP contribution in [0.1, 0.15) is 15.6 Å². The van der Waals surface area contributed by atoms with Gasteiger partial charge in [-0.15, -0.1) is 11.3 Å². The van der Waals surface area contributed by atoms with Crippen molar-refractivity contribution in [2.24, 2.45) is 0 Å². The van der Waals surface area contributed by atoms with E-state index in [0.29, 0.717) is 12.5 Å². The van der Waals surface area contributed by atoms with Gasteiger partial charge in [0, 0.05) is 50.2 Å². The number of aryl methyl sites for hydroxylation is 2. The lowest BCUT2D eigenvalue weighted by Gasteiger charge is -2.46. The van der Waals surface area contributed by atoms with Crippen molar-refractivity contribution in [2.45, 2.75) is 26.3 Å². The molecule has 0 bridgehead atoms. The lowest BCUT2D eigenvalue weighted by Crippen LogP contribution is -2.62. The highest BCUT2D eigenvalue weighted by atomic mass is 32.1. The van der Waals surface area contributed by atoms with Crippen molar-refractivity contribution in [1.29, 1.82) is 0 Å². The molecule has 0 saturated carbocycles. The number of hydrogen-bond acceptors (Lipinski definition) is 5. The summed E-state index contributed by atoms with van der Waals surface area (Å²) >= 11 is 1.65. The predicted molar refractivity (Wildman–Crippen MR) is 84.7 cm³/mol. The molecule has 1 amide bonds. The maximum absolute atomic E-state index is 12.6. The van der Waals surface area contributed by atoms with Crippen LogP contribution in [0.15, 0.2) is 0 Å². The maximum atomic E-state index is 12.6. The van der Waals surface area contributed by atoms with Gasteiger partial charge in [0.05, 0.1) is 17.1 Å². The molecule has 2 aliphatic heterocycles. The Balaban J connectivity index is 1.62. The number of rotatable bonds is 2. The molecule has 1 aromatic rings. The molecule has 0 spiro atoms. The largest absolute Gasteiger partial charge is 0.339 e. The van der Waals surface area contributed by atoms with Gasteiger partial charge in [-0.1, -0.05) is 0 Å². The second kappa shape index (κ2) is 6.02. The molecule has 3 heterocycles. The third kappa shape index (κ3) is 3.27. The molecule has 0 aromatic carbocycles. The number of amides is 1. The molecule has 2 fully saturated rings. The highest BCUT2D eigenvalue weighted by molar-refractivity contribution is 7.11. The van der Waals surface area contributed by atoms with Crippen LogP contribution in [-0.4, -0.2) is 77.9 Å². The standard InChI is InChI=1S/C15H24N4OS/c1-11-14(21-12(2)16-11)8-15(20)19-7-6-18-5-4-17(3)9-13(18)10-19/h13H,4-10H2,1-3H3. The number of hydrogen-bond donors (Lipinski definition) is 0. The predicted octanol–water partition coefficient (Wildman–Crippen LogP) is 0.761. The third-order valence-corrected chi connectivity index (χ3v) is 5.63. The summed E-state index contributed by atoms with van der Waals surface area (Å²) in [7, 11) is 2.17. The van der Waals surface area contributed by atoms with Crippen LogP contribution in [0.3, 0.4) is 0 Å². The second-order valence-corrected chi connectivity index (χ2v) is 7.50. The molecule has 0 aliphatic carbocycles. The van der Waals surface area contributed by atoms with Crippen LogP contribution in [0, 0.1) is 13.8 Å². The molecular formula is C15H24N4OS. The van der Waals surface area contributed by atoms with E-state index in [1.165, 1.54) is 0 Å². The minimum atomic E-state index is 0.259. The van der Waals surface area contributed by atoms with Crippen LogP contribution in [0.4, 0.5) is 0 Å². The monoisotopic (exact) mass is 308 g/mol. The van der Waals surface area contributed by atoms with E-state index in [9.17, 15) is 4.79 Å². The Morgan fingerprint density at radius 1 is 1.24 bits per heavy atom. The van der Waals surface area contributed by atoms with Crippen molar-refractivity contribution >= 4 is 17.2 Å². The minimum absolute atomic E-state index is 0.259. The SMILES string of the molecule is Cc1nc(C)c(CC(=O)N2CCN3CCN(C)CC3C2)s1. The number of aromatic nitrogens is 1. The van der Waals surface area contributed by atoms with E-state index in [1.54, 1.807) is 11.3 Å². The Bertz CT molecular complexity index is 530. The molecule has 2 saturated heterocycles. The molecule has 1 aromatic heterocycles. The number of nitrogens with zero attached hydrogens (tertiary/aromatic N) is 4. The van der Waals surface area contributed by atoms with Crippen LogP contribution in [0.5, 0.6) is 0 Å². The Hall–Kier alpha value is -0.980. The van der Waals surface area contributed by atoms with Gasteiger partial charge in [-0.2, -0.15) is 0 Å². The van der Waals surface area contributed by atoms with Gasteiger partial charge in [-0.3, -0.25) is 9.69 Å². The molecular weight excluding hydrogens is 284 g/mol. The molecule has 6 heteroatoms. The van der Waals surface area contributed by atoms with Gasteiger partial charge >= 0.3 is 0 Å². The van der Waals surface area contributed by atoms with E-state index in [-0.39, 0.29) is 5.91 Å². The molecule has 116 valence electrons. The quantitative estimate of drug-likeness (QED) is 0.809. The highest BCUT2D eigenvalue weighted by Crippen LogP contribution is 2.20. The van der Waals surface area contributed by atoms with Crippen molar-refractivity contribution < 1.29 is 4.79 Å². The molecule has 3 rings (SSSR count). The van der Waals surface area contributed by atoms with E-state index in [1.807, 2.05) is 13.8 Å². The van der Waals surface area contributed by atoms with Gasteiger partial charge in [0.25, 0.3) is 0 Å². The summed E-state index contributed by atoms with van der Waals surface area (Å²) in [6.07, 6.45) is 0.514. The zero-order chi connectivity index (χ0) is 15.0. The first kappa shape index (κ1) is 14.9. The Morgan fingerprint density at radius 2 is 2.00 bits per heavy atom. The van der Waals surface area contributed by atoms with E-state index < -0.39 is 0 Å².